The van der Waals surface area contributed by atoms with E-state index in [9.17, 15) is 0 Å². The van der Waals surface area contributed by atoms with E-state index in [2.05, 4.69) is 56.5 Å². The molecule has 148 valence electrons. The highest BCUT2D eigenvalue weighted by molar-refractivity contribution is 14.0. The molecule has 1 fully saturated rings. The summed E-state index contributed by atoms with van der Waals surface area (Å²) in [7, 11) is 0. The smallest absolute Gasteiger partial charge is 0.191 e. The maximum Gasteiger partial charge on any atom is 0.191 e. The van der Waals surface area contributed by atoms with Crippen LogP contribution >= 0.6 is 24.0 Å². The van der Waals surface area contributed by atoms with Gasteiger partial charge in [0, 0.05) is 51.3 Å². The second-order valence-electron chi connectivity index (χ2n) is 6.61. The number of anilines is 1. The molecule has 3 rings (SSSR count). The number of hydrogen-bond acceptors (Lipinski definition) is 3. The van der Waals surface area contributed by atoms with Gasteiger partial charge in [-0.25, -0.2) is 9.98 Å². The second-order valence-corrected chi connectivity index (χ2v) is 6.61. The van der Waals surface area contributed by atoms with E-state index in [1.807, 2.05) is 18.3 Å². The van der Waals surface area contributed by atoms with Gasteiger partial charge in [0.2, 0.25) is 0 Å². The molecule has 0 bridgehead atoms. The lowest BCUT2D eigenvalue weighted by molar-refractivity contribution is 0.573. The van der Waals surface area contributed by atoms with Crippen LogP contribution in [0.3, 0.4) is 0 Å². The number of nitrogens with zero attached hydrogens (tertiary/aromatic N) is 4. The molecule has 27 heavy (non-hydrogen) atoms. The molecular formula is C20H31IN6. The summed E-state index contributed by atoms with van der Waals surface area (Å²) in [6.45, 7) is 7.59. The van der Waals surface area contributed by atoms with Crippen LogP contribution in [0.1, 0.15) is 31.7 Å². The van der Waals surface area contributed by atoms with Crippen LogP contribution in [0.4, 0.5) is 5.82 Å². The van der Waals surface area contributed by atoms with Gasteiger partial charge in [0.05, 0.1) is 6.54 Å². The van der Waals surface area contributed by atoms with Crippen LogP contribution < -0.4 is 15.5 Å². The van der Waals surface area contributed by atoms with Gasteiger partial charge >= 0.3 is 0 Å². The number of nitrogens with one attached hydrogen (secondary N) is 2. The van der Waals surface area contributed by atoms with Crippen LogP contribution in [0, 0.1) is 0 Å². The third kappa shape index (κ3) is 7.04. The molecule has 0 unspecified atom stereocenters. The summed E-state index contributed by atoms with van der Waals surface area (Å²) in [4.78, 5) is 11.7. The lowest BCUT2D eigenvalue weighted by Gasteiger charge is -2.27. The molecule has 0 aromatic carbocycles. The highest BCUT2D eigenvalue weighted by Crippen LogP contribution is 2.18. The van der Waals surface area contributed by atoms with Gasteiger partial charge in [0.15, 0.2) is 5.96 Å². The largest absolute Gasteiger partial charge is 0.357 e. The zero-order valence-electron chi connectivity index (χ0n) is 16.1. The number of hydrogen-bond donors (Lipinski definition) is 2. The van der Waals surface area contributed by atoms with Crippen molar-refractivity contribution in [3.05, 3.63) is 48.4 Å². The quantitative estimate of drug-likeness (QED) is 0.362. The van der Waals surface area contributed by atoms with Crippen molar-refractivity contribution in [2.75, 3.05) is 31.1 Å². The van der Waals surface area contributed by atoms with Gasteiger partial charge in [-0.1, -0.05) is 0 Å². The molecule has 2 N–H and O–H groups in total. The van der Waals surface area contributed by atoms with E-state index in [4.69, 9.17) is 4.99 Å². The van der Waals surface area contributed by atoms with Gasteiger partial charge in [0.1, 0.15) is 5.82 Å². The van der Waals surface area contributed by atoms with Crippen molar-refractivity contribution >= 4 is 35.8 Å². The molecule has 0 amide bonds. The van der Waals surface area contributed by atoms with Gasteiger partial charge in [-0.15, -0.1) is 24.0 Å². The standard InChI is InChI=1S/C20H30N6.HI/c1-2-21-20(23-10-15-25-11-6-7-12-25)24-17-18-8-9-22-19(16-18)26-13-4-3-5-14-26;/h6-9,11-12,16H,2-5,10,13-15,17H2,1H3,(H2,21,23,24);1H. The van der Waals surface area contributed by atoms with Crippen molar-refractivity contribution in [2.45, 2.75) is 39.3 Å². The van der Waals surface area contributed by atoms with E-state index in [-0.39, 0.29) is 24.0 Å². The highest BCUT2D eigenvalue weighted by Gasteiger charge is 2.12. The first-order valence-electron chi connectivity index (χ1n) is 9.68. The lowest BCUT2D eigenvalue weighted by atomic mass is 10.1. The average Bonchev–Trinajstić information content (AvgIpc) is 3.20. The molecule has 2 aromatic rings. The van der Waals surface area contributed by atoms with Gasteiger partial charge < -0.3 is 20.1 Å². The van der Waals surface area contributed by atoms with E-state index in [0.29, 0.717) is 6.54 Å². The summed E-state index contributed by atoms with van der Waals surface area (Å²) in [6.07, 6.45) is 9.91. The predicted octanol–water partition coefficient (Wildman–Crippen LogP) is 3.25. The first-order chi connectivity index (χ1) is 12.8. The number of halogens is 1. The lowest BCUT2D eigenvalue weighted by Crippen LogP contribution is -2.38. The van der Waals surface area contributed by atoms with Gasteiger partial charge in [-0.2, -0.15) is 0 Å². The molecule has 1 aliphatic heterocycles. The van der Waals surface area contributed by atoms with Gasteiger partial charge in [0.25, 0.3) is 0 Å². The molecule has 7 heteroatoms. The van der Waals surface area contributed by atoms with Crippen molar-refractivity contribution in [3.63, 3.8) is 0 Å². The Hall–Kier alpha value is -1.77. The maximum atomic E-state index is 4.73. The minimum atomic E-state index is 0. The van der Waals surface area contributed by atoms with E-state index >= 15 is 0 Å². The SMILES string of the molecule is CCNC(=NCc1ccnc(N2CCCCC2)c1)NCCn1cccc1.I. The zero-order valence-corrected chi connectivity index (χ0v) is 18.4. The molecule has 0 radical (unpaired) electrons. The van der Waals surface area contributed by atoms with Gasteiger partial charge in [-0.05, 0) is 56.0 Å². The molecule has 1 saturated heterocycles. The number of rotatable bonds is 7. The summed E-state index contributed by atoms with van der Waals surface area (Å²) in [6, 6.07) is 8.32. The number of pyridine rings is 1. The van der Waals surface area contributed by atoms with Crippen molar-refractivity contribution in [3.8, 4) is 0 Å². The summed E-state index contributed by atoms with van der Waals surface area (Å²) < 4.78 is 2.16. The molecule has 1 aliphatic rings. The molecular weight excluding hydrogens is 451 g/mol. The maximum absolute atomic E-state index is 4.73. The Morgan fingerprint density at radius 2 is 1.93 bits per heavy atom. The van der Waals surface area contributed by atoms with Crippen LogP contribution in [0.2, 0.25) is 0 Å². The monoisotopic (exact) mass is 482 g/mol. The molecule has 3 heterocycles. The second kappa shape index (κ2) is 11.8. The summed E-state index contributed by atoms with van der Waals surface area (Å²) in [5, 5.41) is 6.71. The van der Waals surface area contributed by atoms with Crippen LogP contribution in [-0.4, -0.2) is 41.7 Å². The highest BCUT2D eigenvalue weighted by atomic mass is 127. The third-order valence-electron chi connectivity index (χ3n) is 4.58. The summed E-state index contributed by atoms with van der Waals surface area (Å²) in [5.74, 6) is 1.94. The Bertz CT molecular complexity index is 680. The van der Waals surface area contributed by atoms with E-state index in [1.165, 1.54) is 24.8 Å². The van der Waals surface area contributed by atoms with Crippen LogP contribution in [-0.2, 0) is 13.1 Å². The number of aromatic nitrogens is 2. The predicted molar refractivity (Wildman–Crippen MR) is 123 cm³/mol. The fraction of sp³-hybridized carbons (Fsp3) is 0.500. The fourth-order valence-corrected chi connectivity index (χ4v) is 3.19. The van der Waals surface area contributed by atoms with E-state index < -0.39 is 0 Å². The fourth-order valence-electron chi connectivity index (χ4n) is 3.19. The van der Waals surface area contributed by atoms with Crippen LogP contribution in [0.15, 0.2) is 47.8 Å². The topological polar surface area (TPSA) is 57.5 Å². The molecule has 6 nitrogen and oxygen atoms in total. The van der Waals surface area contributed by atoms with Crippen molar-refractivity contribution in [1.29, 1.82) is 0 Å². The van der Waals surface area contributed by atoms with Gasteiger partial charge in [-0.3, -0.25) is 0 Å². The minimum Gasteiger partial charge on any atom is -0.357 e. The summed E-state index contributed by atoms with van der Waals surface area (Å²) in [5.41, 5.74) is 1.20. The van der Waals surface area contributed by atoms with Crippen molar-refractivity contribution in [1.82, 2.24) is 20.2 Å². The number of piperidine rings is 1. The molecule has 0 spiro atoms. The first kappa shape index (κ1) is 21.5. The van der Waals surface area contributed by atoms with Crippen molar-refractivity contribution in [2.24, 2.45) is 4.99 Å². The molecule has 0 saturated carbocycles. The van der Waals surface area contributed by atoms with Crippen LogP contribution in [0.5, 0.6) is 0 Å². The molecule has 0 aliphatic carbocycles. The zero-order chi connectivity index (χ0) is 18.0. The Balaban J connectivity index is 0.00000261. The van der Waals surface area contributed by atoms with E-state index in [1.54, 1.807) is 0 Å². The Labute approximate surface area is 179 Å². The first-order valence-corrected chi connectivity index (χ1v) is 9.68. The third-order valence-corrected chi connectivity index (χ3v) is 4.58. The Kier molecular flexibility index (Phi) is 9.44. The molecule has 2 aromatic heterocycles. The molecule has 0 atom stereocenters. The van der Waals surface area contributed by atoms with Crippen molar-refractivity contribution < 1.29 is 0 Å². The summed E-state index contributed by atoms with van der Waals surface area (Å²) >= 11 is 0. The van der Waals surface area contributed by atoms with Crippen LogP contribution in [0.25, 0.3) is 0 Å². The Morgan fingerprint density at radius 3 is 2.67 bits per heavy atom. The minimum absolute atomic E-state index is 0. The number of aliphatic imine (C=N–C) groups is 1. The van der Waals surface area contributed by atoms with E-state index in [0.717, 1.165) is 44.5 Å². The average molecular weight is 482 g/mol. The normalized spacial score (nSPS) is 14.6. The Morgan fingerprint density at radius 1 is 1.15 bits per heavy atom. The number of guanidine groups is 1.